The fourth-order valence-electron chi connectivity index (χ4n) is 2.57. The zero-order chi connectivity index (χ0) is 15.1. The number of hydrogen-bond acceptors (Lipinski definition) is 5. The second-order valence-electron chi connectivity index (χ2n) is 5.39. The van der Waals surface area contributed by atoms with Crippen LogP contribution in [0.15, 0.2) is 0 Å². The van der Waals surface area contributed by atoms with Crippen molar-refractivity contribution in [3.63, 3.8) is 0 Å². The molecule has 0 spiro atoms. The Morgan fingerprint density at radius 2 is 2.05 bits per heavy atom. The molecule has 2 aliphatic rings. The number of amides is 1. The molecule has 0 aromatic heterocycles. The zero-order valence-corrected chi connectivity index (χ0v) is 12.2. The van der Waals surface area contributed by atoms with Gasteiger partial charge in [-0.1, -0.05) is 0 Å². The molecular weight excluding hydrogens is 278 g/mol. The van der Waals surface area contributed by atoms with Gasteiger partial charge in [-0.15, -0.1) is 0 Å². The molecule has 2 atom stereocenters. The normalized spacial score (nSPS) is 26.0. The Bertz CT molecular complexity index is 355. The van der Waals surface area contributed by atoms with Gasteiger partial charge in [0.1, 0.15) is 0 Å². The van der Waals surface area contributed by atoms with Crippen molar-refractivity contribution in [2.75, 3.05) is 39.5 Å². The van der Waals surface area contributed by atoms with E-state index < -0.39 is 12.1 Å². The monoisotopic (exact) mass is 301 g/mol. The van der Waals surface area contributed by atoms with Crippen LogP contribution < -0.4 is 0 Å². The highest BCUT2D eigenvalue weighted by Gasteiger charge is 2.25. The number of aliphatic carboxylic acids is 1. The highest BCUT2D eigenvalue weighted by molar-refractivity contribution is 5.76. The van der Waals surface area contributed by atoms with Crippen LogP contribution >= 0.6 is 0 Å². The molecule has 21 heavy (non-hydrogen) atoms. The molecule has 2 saturated heterocycles. The van der Waals surface area contributed by atoms with Crippen molar-refractivity contribution < 1.29 is 28.9 Å². The topological polar surface area (TPSA) is 85.3 Å². The third-order valence-corrected chi connectivity index (χ3v) is 3.68. The summed E-state index contributed by atoms with van der Waals surface area (Å²) < 4.78 is 16.2. The van der Waals surface area contributed by atoms with Gasteiger partial charge in [-0.2, -0.15) is 0 Å². The van der Waals surface area contributed by atoms with Crippen molar-refractivity contribution in [2.24, 2.45) is 0 Å². The first-order valence-corrected chi connectivity index (χ1v) is 7.45. The molecule has 1 N–H and O–H groups in total. The van der Waals surface area contributed by atoms with Crippen LogP contribution in [0.1, 0.15) is 25.7 Å². The molecule has 2 fully saturated rings. The van der Waals surface area contributed by atoms with Crippen molar-refractivity contribution in [3.05, 3.63) is 0 Å². The Kier molecular flexibility index (Phi) is 6.41. The molecule has 1 amide bonds. The van der Waals surface area contributed by atoms with Gasteiger partial charge < -0.3 is 24.2 Å². The molecule has 0 aromatic rings. The van der Waals surface area contributed by atoms with Crippen LogP contribution in [0.4, 0.5) is 0 Å². The van der Waals surface area contributed by atoms with Crippen LogP contribution in [-0.2, 0) is 23.8 Å². The van der Waals surface area contributed by atoms with Crippen molar-refractivity contribution >= 4 is 11.9 Å². The molecule has 7 heteroatoms. The van der Waals surface area contributed by atoms with Gasteiger partial charge in [0, 0.05) is 19.7 Å². The Morgan fingerprint density at radius 3 is 2.76 bits per heavy atom. The lowest BCUT2D eigenvalue weighted by Crippen LogP contribution is -2.46. The van der Waals surface area contributed by atoms with E-state index in [-0.39, 0.29) is 18.4 Å². The van der Waals surface area contributed by atoms with Crippen LogP contribution in [0.2, 0.25) is 0 Å². The number of carbonyl (C=O) groups excluding carboxylic acids is 1. The van der Waals surface area contributed by atoms with Gasteiger partial charge >= 0.3 is 5.97 Å². The Hall–Kier alpha value is -1.18. The van der Waals surface area contributed by atoms with E-state index in [2.05, 4.69) is 0 Å². The minimum atomic E-state index is -0.908. The molecule has 0 unspecified atom stereocenters. The number of ether oxygens (including phenoxy) is 3. The molecule has 0 radical (unpaired) electrons. The molecule has 2 aliphatic heterocycles. The molecule has 0 saturated carbocycles. The lowest BCUT2D eigenvalue weighted by molar-refractivity contribution is -0.148. The van der Waals surface area contributed by atoms with Crippen LogP contribution in [0.3, 0.4) is 0 Å². The van der Waals surface area contributed by atoms with E-state index in [9.17, 15) is 9.59 Å². The summed E-state index contributed by atoms with van der Waals surface area (Å²) in [6.07, 6.45) is 2.10. The van der Waals surface area contributed by atoms with Gasteiger partial charge in [0.05, 0.1) is 44.9 Å². The number of nitrogens with zero attached hydrogens (tertiary/aromatic N) is 1. The maximum Gasteiger partial charge on any atom is 0.306 e. The van der Waals surface area contributed by atoms with E-state index in [1.54, 1.807) is 4.90 Å². The van der Waals surface area contributed by atoms with Crippen molar-refractivity contribution in [3.8, 4) is 0 Å². The number of hydrogen-bond donors (Lipinski definition) is 1. The Labute approximate surface area is 124 Å². The molecule has 0 aliphatic carbocycles. The van der Waals surface area contributed by atoms with E-state index in [1.165, 1.54) is 0 Å². The molecule has 7 nitrogen and oxygen atoms in total. The van der Waals surface area contributed by atoms with E-state index >= 15 is 0 Å². The predicted molar refractivity (Wildman–Crippen MR) is 73.0 cm³/mol. The Balaban J connectivity index is 1.61. The molecule has 120 valence electrons. The summed E-state index contributed by atoms with van der Waals surface area (Å²) in [6, 6.07) is 0. The highest BCUT2D eigenvalue weighted by atomic mass is 16.5. The Morgan fingerprint density at radius 1 is 1.24 bits per heavy atom. The van der Waals surface area contributed by atoms with Gasteiger partial charge in [-0.3, -0.25) is 9.59 Å². The molecular formula is C14H23NO6. The fraction of sp³-hybridized carbons (Fsp3) is 0.857. The smallest absolute Gasteiger partial charge is 0.306 e. The third-order valence-electron chi connectivity index (χ3n) is 3.68. The quantitative estimate of drug-likeness (QED) is 0.680. The lowest BCUT2D eigenvalue weighted by atomic mass is 10.2. The SMILES string of the molecule is O=C(O)C[C@H]1CN(C(=O)CCOC[C@@H]2CCCO2)CCO1. The minimum Gasteiger partial charge on any atom is -0.481 e. The first kappa shape index (κ1) is 16.2. The second kappa shape index (κ2) is 8.31. The van der Waals surface area contributed by atoms with Crippen LogP contribution in [-0.4, -0.2) is 73.6 Å². The van der Waals surface area contributed by atoms with Crippen molar-refractivity contribution in [2.45, 2.75) is 37.9 Å². The number of carboxylic acids is 1. The van der Waals surface area contributed by atoms with Crippen molar-refractivity contribution in [1.82, 2.24) is 4.90 Å². The van der Waals surface area contributed by atoms with Gasteiger partial charge in [0.2, 0.25) is 5.91 Å². The maximum atomic E-state index is 12.0. The lowest BCUT2D eigenvalue weighted by Gasteiger charge is -2.32. The second-order valence-corrected chi connectivity index (χ2v) is 5.39. The van der Waals surface area contributed by atoms with E-state index in [4.69, 9.17) is 19.3 Å². The van der Waals surface area contributed by atoms with Crippen LogP contribution in [0, 0.1) is 0 Å². The number of morpholine rings is 1. The summed E-state index contributed by atoms with van der Waals surface area (Å²) >= 11 is 0. The summed E-state index contributed by atoms with van der Waals surface area (Å²) in [4.78, 5) is 24.4. The number of rotatable bonds is 7. The zero-order valence-electron chi connectivity index (χ0n) is 12.2. The third kappa shape index (κ3) is 5.61. The first-order chi connectivity index (χ1) is 10.1. The predicted octanol–water partition coefficient (Wildman–Crippen LogP) is 0.274. The van der Waals surface area contributed by atoms with Gasteiger partial charge in [-0.25, -0.2) is 0 Å². The van der Waals surface area contributed by atoms with Crippen LogP contribution in [0.5, 0.6) is 0 Å². The molecule has 2 heterocycles. The summed E-state index contributed by atoms with van der Waals surface area (Å²) in [7, 11) is 0. The average Bonchev–Trinajstić information content (AvgIpc) is 2.96. The first-order valence-electron chi connectivity index (χ1n) is 7.45. The van der Waals surface area contributed by atoms with Gasteiger partial charge in [0.15, 0.2) is 0 Å². The largest absolute Gasteiger partial charge is 0.481 e. The fourth-order valence-corrected chi connectivity index (χ4v) is 2.57. The maximum absolute atomic E-state index is 12.0. The molecule has 0 bridgehead atoms. The summed E-state index contributed by atoms with van der Waals surface area (Å²) in [5.74, 6) is -0.921. The summed E-state index contributed by atoms with van der Waals surface area (Å²) in [5.41, 5.74) is 0. The van der Waals surface area contributed by atoms with Gasteiger partial charge in [0.25, 0.3) is 0 Å². The standard InChI is InChI=1S/C14H23NO6/c16-13(3-6-19-10-11-2-1-5-20-11)15-4-7-21-12(9-15)8-14(17)18/h11-12H,1-10H2,(H,17,18)/t11-,12-/m0/s1. The van der Waals surface area contributed by atoms with Crippen molar-refractivity contribution in [1.29, 1.82) is 0 Å². The van der Waals surface area contributed by atoms with E-state index in [0.717, 1.165) is 19.4 Å². The van der Waals surface area contributed by atoms with E-state index in [1.807, 2.05) is 0 Å². The van der Waals surface area contributed by atoms with E-state index in [0.29, 0.717) is 39.3 Å². The summed E-state index contributed by atoms with van der Waals surface area (Å²) in [5, 5.41) is 8.75. The summed E-state index contributed by atoms with van der Waals surface area (Å²) in [6.45, 7) is 2.96. The van der Waals surface area contributed by atoms with Gasteiger partial charge in [-0.05, 0) is 12.8 Å². The molecule has 2 rings (SSSR count). The van der Waals surface area contributed by atoms with Crippen LogP contribution in [0.25, 0.3) is 0 Å². The average molecular weight is 301 g/mol. The minimum absolute atomic E-state index is 0.0129. The number of carboxylic acid groups (broad SMARTS) is 1. The molecule has 0 aromatic carbocycles. The number of carbonyl (C=O) groups is 2. The highest BCUT2D eigenvalue weighted by Crippen LogP contribution is 2.13.